The van der Waals surface area contributed by atoms with Crippen LogP contribution in [0.3, 0.4) is 0 Å². The van der Waals surface area contributed by atoms with Gasteiger partial charge in [-0.05, 0) is 58.2 Å². The molecule has 0 saturated heterocycles. The van der Waals surface area contributed by atoms with Crippen LogP contribution in [0.25, 0.3) is 0 Å². The molecule has 0 spiro atoms. The van der Waals surface area contributed by atoms with Gasteiger partial charge in [0.1, 0.15) is 12.4 Å². The van der Waals surface area contributed by atoms with Gasteiger partial charge in [-0.15, -0.1) is 0 Å². The Labute approximate surface area is 167 Å². The molecule has 2 rings (SSSR count). The maximum absolute atomic E-state index is 12.3. The number of nitrogens with zero attached hydrogens (tertiary/aromatic N) is 1. The number of carbonyl (C=O) groups is 1. The van der Waals surface area contributed by atoms with Gasteiger partial charge >= 0.3 is 0 Å². The Morgan fingerprint density at radius 3 is 2.63 bits per heavy atom. The zero-order valence-electron chi connectivity index (χ0n) is 15.4. The second-order valence-corrected chi connectivity index (χ2v) is 6.39. The fourth-order valence-electron chi connectivity index (χ4n) is 2.31. The van der Waals surface area contributed by atoms with E-state index in [1.807, 2.05) is 19.1 Å². The van der Waals surface area contributed by atoms with Gasteiger partial charge in [-0.25, -0.2) is 5.43 Å². The van der Waals surface area contributed by atoms with Gasteiger partial charge in [-0.2, -0.15) is 5.10 Å². The molecule has 0 aliphatic rings. The molecule has 0 aliphatic heterocycles. The van der Waals surface area contributed by atoms with Crippen molar-refractivity contribution in [2.45, 2.75) is 6.92 Å². The van der Waals surface area contributed by atoms with Gasteiger partial charge in [0.05, 0.1) is 30.5 Å². The predicted octanol–water partition coefficient (Wildman–Crippen LogP) is 4.10. The second-order valence-electron chi connectivity index (χ2n) is 5.54. The lowest BCUT2D eigenvalue weighted by Crippen LogP contribution is -2.18. The topological polar surface area (TPSA) is 69.2 Å². The van der Waals surface area contributed by atoms with Gasteiger partial charge in [0.25, 0.3) is 5.91 Å². The first-order valence-electron chi connectivity index (χ1n) is 8.09. The molecule has 1 amide bonds. The third-order valence-electron chi connectivity index (χ3n) is 3.58. The van der Waals surface area contributed by atoms with Crippen LogP contribution >= 0.6 is 15.9 Å². The Morgan fingerprint density at radius 2 is 1.96 bits per heavy atom. The molecule has 142 valence electrons. The maximum Gasteiger partial charge on any atom is 0.275 e. The van der Waals surface area contributed by atoms with E-state index in [4.69, 9.17) is 14.2 Å². The highest BCUT2D eigenvalue weighted by Crippen LogP contribution is 2.36. The SMILES string of the molecule is C=CCOc1c(Br)cc(/C=N\NC(=O)c2ccc(C)cc2OC)cc1OC. The highest BCUT2D eigenvalue weighted by molar-refractivity contribution is 9.10. The average molecular weight is 433 g/mol. The lowest BCUT2D eigenvalue weighted by molar-refractivity contribution is 0.0952. The van der Waals surface area contributed by atoms with Crippen LogP contribution in [-0.4, -0.2) is 32.9 Å². The van der Waals surface area contributed by atoms with Gasteiger partial charge in [0.15, 0.2) is 11.5 Å². The quantitative estimate of drug-likeness (QED) is 0.387. The minimum atomic E-state index is -0.361. The summed E-state index contributed by atoms with van der Waals surface area (Å²) in [6, 6.07) is 8.90. The molecule has 0 unspecified atom stereocenters. The zero-order chi connectivity index (χ0) is 19.8. The van der Waals surface area contributed by atoms with Gasteiger partial charge in [0, 0.05) is 0 Å². The normalized spacial score (nSPS) is 10.5. The predicted molar refractivity (Wildman–Crippen MR) is 109 cm³/mol. The summed E-state index contributed by atoms with van der Waals surface area (Å²) in [6.45, 7) is 5.91. The first-order valence-corrected chi connectivity index (χ1v) is 8.88. The number of hydrogen-bond acceptors (Lipinski definition) is 5. The summed E-state index contributed by atoms with van der Waals surface area (Å²) < 4.78 is 16.9. The summed E-state index contributed by atoms with van der Waals surface area (Å²) in [5, 5.41) is 4.01. The van der Waals surface area contributed by atoms with Crippen molar-refractivity contribution in [2.75, 3.05) is 20.8 Å². The van der Waals surface area contributed by atoms with E-state index in [0.29, 0.717) is 33.9 Å². The Hall–Kier alpha value is -2.80. The Balaban J connectivity index is 2.15. The van der Waals surface area contributed by atoms with Crippen molar-refractivity contribution in [3.8, 4) is 17.2 Å². The van der Waals surface area contributed by atoms with Crippen molar-refractivity contribution in [2.24, 2.45) is 5.10 Å². The van der Waals surface area contributed by atoms with Crippen LogP contribution in [0.5, 0.6) is 17.2 Å². The molecule has 0 bridgehead atoms. The fourth-order valence-corrected chi connectivity index (χ4v) is 2.88. The number of ether oxygens (including phenoxy) is 3. The van der Waals surface area contributed by atoms with Crippen molar-refractivity contribution in [1.29, 1.82) is 0 Å². The molecule has 0 aliphatic carbocycles. The van der Waals surface area contributed by atoms with Gasteiger partial charge in [0.2, 0.25) is 0 Å². The molecular weight excluding hydrogens is 412 g/mol. The van der Waals surface area contributed by atoms with Crippen LogP contribution < -0.4 is 19.6 Å². The first-order chi connectivity index (χ1) is 13.0. The number of hydrogen-bond donors (Lipinski definition) is 1. The number of halogens is 1. The molecule has 0 fully saturated rings. The summed E-state index contributed by atoms with van der Waals surface area (Å²) in [5.74, 6) is 1.25. The van der Waals surface area contributed by atoms with E-state index in [9.17, 15) is 4.79 Å². The van der Waals surface area contributed by atoms with E-state index in [1.165, 1.54) is 13.3 Å². The summed E-state index contributed by atoms with van der Waals surface area (Å²) in [4.78, 5) is 12.3. The summed E-state index contributed by atoms with van der Waals surface area (Å²) in [7, 11) is 3.07. The van der Waals surface area contributed by atoms with Gasteiger partial charge < -0.3 is 14.2 Å². The molecule has 0 aromatic heterocycles. The van der Waals surface area contributed by atoms with Crippen molar-refractivity contribution in [3.05, 3.63) is 64.1 Å². The number of hydrazone groups is 1. The highest BCUT2D eigenvalue weighted by atomic mass is 79.9. The third-order valence-corrected chi connectivity index (χ3v) is 4.17. The van der Waals surface area contributed by atoms with Crippen molar-refractivity contribution in [3.63, 3.8) is 0 Å². The highest BCUT2D eigenvalue weighted by Gasteiger charge is 2.12. The fraction of sp³-hybridized carbons (Fsp3) is 0.200. The van der Waals surface area contributed by atoms with Crippen molar-refractivity contribution < 1.29 is 19.0 Å². The zero-order valence-corrected chi connectivity index (χ0v) is 17.0. The number of rotatable bonds is 8. The van der Waals surface area contributed by atoms with Crippen LogP contribution in [0, 0.1) is 6.92 Å². The average Bonchev–Trinajstić information content (AvgIpc) is 2.66. The van der Waals surface area contributed by atoms with Crippen LogP contribution in [0.2, 0.25) is 0 Å². The van der Waals surface area contributed by atoms with Crippen LogP contribution in [0.4, 0.5) is 0 Å². The van der Waals surface area contributed by atoms with E-state index >= 15 is 0 Å². The molecule has 1 N–H and O–H groups in total. The number of aryl methyl sites for hydroxylation is 1. The molecular formula is C20H21BrN2O4. The molecule has 7 heteroatoms. The monoisotopic (exact) mass is 432 g/mol. The Morgan fingerprint density at radius 1 is 1.22 bits per heavy atom. The number of nitrogens with one attached hydrogen (secondary N) is 1. The van der Waals surface area contributed by atoms with E-state index in [0.717, 1.165) is 11.1 Å². The van der Waals surface area contributed by atoms with Crippen LogP contribution in [0.1, 0.15) is 21.5 Å². The largest absolute Gasteiger partial charge is 0.496 e. The minimum absolute atomic E-state index is 0.358. The molecule has 27 heavy (non-hydrogen) atoms. The minimum Gasteiger partial charge on any atom is -0.496 e. The molecule has 0 atom stereocenters. The Kier molecular flexibility index (Phi) is 7.43. The van der Waals surface area contributed by atoms with Gasteiger partial charge in [-0.1, -0.05) is 18.7 Å². The maximum atomic E-state index is 12.3. The standard InChI is InChI=1S/C20H21BrN2O4/c1-5-8-27-19-16(21)10-14(11-18(19)26-4)12-22-23-20(24)15-7-6-13(2)9-17(15)25-3/h5-7,9-12H,1,8H2,2-4H3,(H,23,24)/b22-12-. The molecule has 6 nitrogen and oxygen atoms in total. The van der Waals surface area contributed by atoms with E-state index in [2.05, 4.69) is 33.0 Å². The summed E-state index contributed by atoms with van der Waals surface area (Å²) in [6.07, 6.45) is 3.17. The van der Waals surface area contributed by atoms with Crippen molar-refractivity contribution in [1.82, 2.24) is 5.43 Å². The molecule has 0 heterocycles. The number of carbonyl (C=O) groups excluding carboxylic acids is 1. The Bertz CT molecular complexity index is 865. The van der Waals surface area contributed by atoms with Crippen molar-refractivity contribution >= 4 is 28.1 Å². The second kappa shape index (κ2) is 9.78. The molecule has 0 radical (unpaired) electrons. The van der Waals surface area contributed by atoms with E-state index in [-0.39, 0.29) is 5.91 Å². The smallest absolute Gasteiger partial charge is 0.275 e. The lowest BCUT2D eigenvalue weighted by atomic mass is 10.1. The third kappa shape index (κ3) is 5.34. The number of benzene rings is 2. The lowest BCUT2D eigenvalue weighted by Gasteiger charge is -2.12. The van der Waals surface area contributed by atoms with E-state index < -0.39 is 0 Å². The van der Waals surface area contributed by atoms with Crippen LogP contribution in [0.15, 0.2) is 52.6 Å². The molecule has 2 aromatic rings. The van der Waals surface area contributed by atoms with Gasteiger partial charge in [-0.3, -0.25) is 4.79 Å². The first kappa shape index (κ1) is 20.5. The van der Waals surface area contributed by atoms with Crippen LogP contribution in [-0.2, 0) is 0 Å². The van der Waals surface area contributed by atoms with E-state index in [1.54, 1.807) is 31.4 Å². The summed E-state index contributed by atoms with van der Waals surface area (Å²) >= 11 is 3.45. The molecule has 2 aromatic carbocycles. The summed E-state index contributed by atoms with van der Waals surface area (Å²) in [5.41, 5.74) is 4.63. The molecule has 0 saturated carbocycles. The number of methoxy groups -OCH3 is 2. The number of amides is 1.